The van der Waals surface area contributed by atoms with Crippen LogP contribution in [0.2, 0.25) is 0 Å². The van der Waals surface area contributed by atoms with E-state index in [1.807, 2.05) is 30.3 Å². The zero-order valence-electron chi connectivity index (χ0n) is 12.0. The number of aromatic nitrogens is 2. The van der Waals surface area contributed by atoms with Crippen LogP contribution in [-0.2, 0) is 12.8 Å². The molecule has 0 spiro atoms. The molecule has 1 aliphatic carbocycles. The van der Waals surface area contributed by atoms with Gasteiger partial charge in [0.2, 0.25) is 0 Å². The van der Waals surface area contributed by atoms with Crippen LogP contribution in [0, 0.1) is 0 Å². The molecule has 0 fully saturated rings. The maximum absolute atomic E-state index is 12.3. The quantitative estimate of drug-likeness (QED) is 0.787. The molecule has 1 heterocycles. The average Bonchev–Trinajstić information content (AvgIpc) is 3.02. The fourth-order valence-electron chi connectivity index (χ4n) is 2.91. The molecular weight excluding hydrogens is 274 g/mol. The van der Waals surface area contributed by atoms with Crippen molar-refractivity contribution in [1.29, 1.82) is 0 Å². The third kappa shape index (κ3) is 2.33. The Kier molecular flexibility index (Phi) is 3.07. The van der Waals surface area contributed by atoms with Gasteiger partial charge in [0.1, 0.15) is 5.69 Å². The number of nitrogens with one attached hydrogen (secondary N) is 1. The maximum atomic E-state index is 12.3. The zero-order chi connectivity index (χ0) is 14.9. The van der Waals surface area contributed by atoms with E-state index in [9.17, 15) is 4.79 Å². The fraction of sp³-hybridized carbons (Fsp3) is 0.167. The third-order valence-corrected chi connectivity index (χ3v) is 4.04. The number of rotatable bonds is 2. The first-order valence-electron chi connectivity index (χ1n) is 7.44. The number of aryl methyl sites for hydroxylation is 2. The van der Waals surface area contributed by atoms with Crippen LogP contribution in [0.3, 0.4) is 0 Å². The highest BCUT2D eigenvalue weighted by atomic mass is 16.1. The van der Waals surface area contributed by atoms with Gasteiger partial charge in [-0.2, -0.15) is 0 Å². The minimum absolute atomic E-state index is 0.226. The average molecular weight is 289 g/mol. The summed E-state index contributed by atoms with van der Waals surface area (Å²) in [6, 6.07) is 13.6. The molecule has 108 valence electrons. The van der Waals surface area contributed by atoms with Crippen molar-refractivity contribution in [3.63, 3.8) is 0 Å². The van der Waals surface area contributed by atoms with Gasteiger partial charge in [-0.25, -0.2) is 4.98 Å². The van der Waals surface area contributed by atoms with Crippen molar-refractivity contribution in [3.05, 3.63) is 65.5 Å². The molecule has 0 radical (unpaired) electrons. The second-order valence-electron chi connectivity index (χ2n) is 5.54. The molecule has 1 N–H and O–H groups in total. The normalized spacial score (nSPS) is 13.1. The van der Waals surface area contributed by atoms with Crippen molar-refractivity contribution < 1.29 is 4.79 Å². The molecular formula is C18H15N3O. The Balaban J connectivity index is 1.60. The number of fused-ring (bicyclic) bond motifs is 2. The van der Waals surface area contributed by atoms with Gasteiger partial charge in [-0.15, -0.1) is 0 Å². The highest BCUT2D eigenvalue weighted by molar-refractivity contribution is 6.03. The van der Waals surface area contributed by atoms with Crippen molar-refractivity contribution in [3.8, 4) is 0 Å². The zero-order valence-corrected chi connectivity index (χ0v) is 12.0. The van der Waals surface area contributed by atoms with Crippen LogP contribution in [0.1, 0.15) is 28.0 Å². The van der Waals surface area contributed by atoms with Crippen LogP contribution >= 0.6 is 0 Å². The summed E-state index contributed by atoms with van der Waals surface area (Å²) in [5, 5.41) is 2.91. The SMILES string of the molecule is O=C(Nc1ccc2c(c1)CCC2)c1cnc2ccccc2n1. The Morgan fingerprint density at radius 3 is 2.73 bits per heavy atom. The fourth-order valence-corrected chi connectivity index (χ4v) is 2.91. The summed E-state index contributed by atoms with van der Waals surface area (Å²) < 4.78 is 0. The molecule has 2 aromatic carbocycles. The van der Waals surface area contributed by atoms with E-state index < -0.39 is 0 Å². The minimum Gasteiger partial charge on any atom is -0.321 e. The second-order valence-corrected chi connectivity index (χ2v) is 5.54. The number of carbonyl (C=O) groups is 1. The van der Waals surface area contributed by atoms with E-state index >= 15 is 0 Å². The second kappa shape index (κ2) is 5.22. The molecule has 1 aromatic heterocycles. The van der Waals surface area contributed by atoms with Gasteiger partial charge in [-0.1, -0.05) is 18.2 Å². The summed E-state index contributed by atoms with van der Waals surface area (Å²) in [6.07, 6.45) is 4.95. The van der Waals surface area contributed by atoms with Crippen LogP contribution in [0.5, 0.6) is 0 Å². The largest absolute Gasteiger partial charge is 0.321 e. The van der Waals surface area contributed by atoms with Gasteiger partial charge in [0.25, 0.3) is 5.91 Å². The first kappa shape index (κ1) is 13.0. The Bertz CT molecular complexity index is 873. The predicted molar refractivity (Wildman–Crippen MR) is 86.0 cm³/mol. The van der Waals surface area contributed by atoms with Gasteiger partial charge in [0.15, 0.2) is 0 Å². The molecule has 0 saturated carbocycles. The standard InChI is InChI=1S/C18H15N3O/c22-18(17-11-19-15-6-1-2-7-16(15)21-17)20-14-9-8-12-4-3-5-13(12)10-14/h1-2,6-11H,3-5H2,(H,20,22). The number of amides is 1. The lowest BCUT2D eigenvalue weighted by Crippen LogP contribution is -2.14. The molecule has 0 saturated heterocycles. The van der Waals surface area contributed by atoms with Gasteiger partial charge in [0, 0.05) is 5.69 Å². The third-order valence-electron chi connectivity index (χ3n) is 4.04. The minimum atomic E-state index is -0.226. The van der Waals surface area contributed by atoms with Gasteiger partial charge >= 0.3 is 0 Å². The van der Waals surface area contributed by atoms with E-state index in [1.54, 1.807) is 0 Å². The van der Waals surface area contributed by atoms with Crippen molar-refractivity contribution >= 4 is 22.6 Å². The molecule has 0 unspecified atom stereocenters. The Labute approximate surface area is 128 Å². The number of carbonyl (C=O) groups excluding carboxylic acids is 1. The summed E-state index contributed by atoms with van der Waals surface area (Å²) >= 11 is 0. The molecule has 22 heavy (non-hydrogen) atoms. The highest BCUT2D eigenvalue weighted by Gasteiger charge is 2.13. The number of hydrogen-bond acceptors (Lipinski definition) is 3. The van der Waals surface area contributed by atoms with Gasteiger partial charge < -0.3 is 5.32 Å². The first-order chi connectivity index (χ1) is 10.8. The van der Waals surface area contributed by atoms with Crippen LogP contribution in [0.25, 0.3) is 11.0 Å². The maximum Gasteiger partial charge on any atom is 0.275 e. The van der Waals surface area contributed by atoms with Crippen LogP contribution in [0.4, 0.5) is 5.69 Å². The van der Waals surface area contributed by atoms with E-state index in [-0.39, 0.29) is 5.91 Å². The molecule has 4 nitrogen and oxygen atoms in total. The van der Waals surface area contributed by atoms with E-state index in [4.69, 9.17) is 0 Å². The van der Waals surface area contributed by atoms with E-state index in [0.717, 1.165) is 29.6 Å². The van der Waals surface area contributed by atoms with Gasteiger partial charge in [-0.3, -0.25) is 9.78 Å². The monoisotopic (exact) mass is 289 g/mol. The van der Waals surface area contributed by atoms with Gasteiger partial charge in [0.05, 0.1) is 17.2 Å². The van der Waals surface area contributed by atoms with E-state index in [1.165, 1.54) is 23.7 Å². The van der Waals surface area contributed by atoms with Crippen molar-refractivity contribution in [2.45, 2.75) is 19.3 Å². The predicted octanol–water partition coefficient (Wildman–Crippen LogP) is 3.37. The number of anilines is 1. The summed E-state index contributed by atoms with van der Waals surface area (Å²) in [5.74, 6) is -0.226. The molecule has 0 bridgehead atoms. The topological polar surface area (TPSA) is 54.9 Å². The van der Waals surface area contributed by atoms with E-state index in [2.05, 4.69) is 27.4 Å². The summed E-state index contributed by atoms with van der Waals surface area (Å²) in [7, 11) is 0. The Morgan fingerprint density at radius 1 is 1.00 bits per heavy atom. The smallest absolute Gasteiger partial charge is 0.275 e. The summed E-state index contributed by atoms with van der Waals surface area (Å²) in [6.45, 7) is 0. The lowest BCUT2D eigenvalue weighted by Gasteiger charge is -2.07. The summed E-state index contributed by atoms with van der Waals surface area (Å²) in [5.41, 5.74) is 5.39. The lowest BCUT2D eigenvalue weighted by molar-refractivity contribution is 0.102. The molecule has 1 aliphatic rings. The highest BCUT2D eigenvalue weighted by Crippen LogP contribution is 2.25. The number of para-hydroxylation sites is 2. The Hall–Kier alpha value is -2.75. The number of benzene rings is 2. The van der Waals surface area contributed by atoms with Crippen LogP contribution < -0.4 is 5.32 Å². The summed E-state index contributed by atoms with van der Waals surface area (Å²) in [4.78, 5) is 21.0. The molecule has 4 heteroatoms. The molecule has 1 amide bonds. The van der Waals surface area contributed by atoms with Crippen molar-refractivity contribution in [1.82, 2.24) is 9.97 Å². The molecule has 0 atom stereocenters. The van der Waals surface area contributed by atoms with Crippen molar-refractivity contribution in [2.24, 2.45) is 0 Å². The lowest BCUT2D eigenvalue weighted by atomic mass is 10.1. The molecule has 0 aliphatic heterocycles. The number of hydrogen-bond donors (Lipinski definition) is 1. The van der Waals surface area contributed by atoms with Crippen LogP contribution in [-0.4, -0.2) is 15.9 Å². The molecule has 4 rings (SSSR count). The molecule has 3 aromatic rings. The Morgan fingerprint density at radius 2 is 1.82 bits per heavy atom. The first-order valence-corrected chi connectivity index (χ1v) is 7.44. The van der Waals surface area contributed by atoms with Crippen LogP contribution in [0.15, 0.2) is 48.7 Å². The number of nitrogens with zero attached hydrogens (tertiary/aromatic N) is 2. The van der Waals surface area contributed by atoms with Crippen molar-refractivity contribution in [2.75, 3.05) is 5.32 Å². The van der Waals surface area contributed by atoms with Gasteiger partial charge in [-0.05, 0) is 54.7 Å². The van der Waals surface area contributed by atoms with E-state index in [0.29, 0.717) is 5.69 Å².